The average Bonchev–Trinajstić information content (AvgIpc) is 2.84. The summed E-state index contributed by atoms with van der Waals surface area (Å²) in [7, 11) is 0. The van der Waals surface area contributed by atoms with Crippen LogP contribution in [0.4, 0.5) is 0 Å². The third-order valence-corrected chi connectivity index (χ3v) is 3.55. The Bertz CT molecular complexity index is 629. The molecule has 8 nitrogen and oxygen atoms in total. The first-order chi connectivity index (χ1) is 12.4. The zero-order chi connectivity index (χ0) is 19.1. The lowest BCUT2D eigenvalue weighted by atomic mass is 10.1. The molecular weight excluding hydrogens is 344 g/mol. The van der Waals surface area contributed by atoms with Crippen LogP contribution in [0, 0.1) is 0 Å². The molecule has 0 bridgehead atoms. The van der Waals surface area contributed by atoms with Crippen LogP contribution in [-0.2, 0) is 44.7 Å². The topological polar surface area (TPSA) is 97.4 Å². The minimum absolute atomic E-state index is 0.0579. The van der Waals surface area contributed by atoms with Crippen molar-refractivity contribution in [2.24, 2.45) is 0 Å². The first-order valence-corrected chi connectivity index (χ1v) is 8.15. The average molecular weight is 366 g/mol. The fourth-order valence-corrected chi connectivity index (χ4v) is 2.60. The Labute approximate surface area is 151 Å². The van der Waals surface area contributed by atoms with Crippen molar-refractivity contribution in [3.8, 4) is 0 Å². The minimum atomic E-state index is -1.17. The monoisotopic (exact) mass is 366 g/mol. The third kappa shape index (κ3) is 5.82. The van der Waals surface area contributed by atoms with Crippen molar-refractivity contribution in [1.29, 1.82) is 0 Å². The smallest absolute Gasteiger partial charge is 0.305 e. The summed E-state index contributed by atoms with van der Waals surface area (Å²) in [4.78, 5) is 34.1. The van der Waals surface area contributed by atoms with Gasteiger partial charge in [0, 0.05) is 20.8 Å². The minimum Gasteiger partial charge on any atom is -0.455 e. The number of hydrogen-bond acceptors (Lipinski definition) is 8. The summed E-state index contributed by atoms with van der Waals surface area (Å²) < 4.78 is 26.7. The van der Waals surface area contributed by atoms with Crippen LogP contribution in [-0.4, -0.2) is 49.1 Å². The number of esters is 3. The number of benzene rings is 1. The summed E-state index contributed by atoms with van der Waals surface area (Å²) in [6.45, 7) is 4.02. The van der Waals surface area contributed by atoms with Gasteiger partial charge < -0.3 is 23.7 Å². The van der Waals surface area contributed by atoms with Crippen LogP contribution in [0.2, 0.25) is 0 Å². The Balaban J connectivity index is 2.06. The van der Waals surface area contributed by atoms with E-state index in [0.717, 1.165) is 5.56 Å². The van der Waals surface area contributed by atoms with E-state index in [2.05, 4.69) is 0 Å². The van der Waals surface area contributed by atoms with Gasteiger partial charge in [-0.1, -0.05) is 30.3 Å². The van der Waals surface area contributed by atoms with Gasteiger partial charge in [-0.15, -0.1) is 0 Å². The number of rotatable bonds is 7. The SMILES string of the molecule is CC(=O)OC1O[C@H](COCc2ccccc2)[C@@H](OC(C)=O)[C@H]1OC(C)=O. The maximum absolute atomic E-state index is 11.4. The van der Waals surface area contributed by atoms with E-state index in [0.29, 0.717) is 6.61 Å². The van der Waals surface area contributed by atoms with E-state index < -0.39 is 42.5 Å². The van der Waals surface area contributed by atoms with Crippen molar-refractivity contribution >= 4 is 17.9 Å². The largest absolute Gasteiger partial charge is 0.455 e. The van der Waals surface area contributed by atoms with Gasteiger partial charge in [0.2, 0.25) is 12.4 Å². The van der Waals surface area contributed by atoms with Gasteiger partial charge in [0.15, 0.2) is 6.10 Å². The van der Waals surface area contributed by atoms with E-state index >= 15 is 0 Å². The standard InChI is InChI=1S/C18H22O8/c1-11(19)23-16-15(10-22-9-14-7-5-4-6-8-14)26-18(25-13(3)21)17(16)24-12(2)20/h4-8,15-18H,9-10H2,1-3H3/t15-,16-,17-,18?/m1/s1. The summed E-state index contributed by atoms with van der Waals surface area (Å²) in [5.74, 6) is -1.80. The summed E-state index contributed by atoms with van der Waals surface area (Å²) in [5, 5.41) is 0. The molecule has 142 valence electrons. The van der Waals surface area contributed by atoms with Crippen molar-refractivity contribution in [1.82, 2.24) is 0 Å². The molecule has 8 heteroatoms. The molecule has 2 rings (SSSR count). The number of carbonyl (C=O) groups is 3. The van der Waals surface area contributed by atoms with Crippen LogP contribution in [0.25, 0.3) is 0 Å². The summed E-state index contributed by atoms with van der Waals surface area (Å²) in [5.41, 5.74) is 0.961. The molecule has 0 aliphatic carbocycles. The molecule has 0 spiro atoms. The maximum atomic E-state index is 11.4. The third-order valence-electron chi connectivity index (χ3n) is 3.55. The van der Waals surface area contributed by atoms with Crippen molar-refractivity contribution in [3.63, 3.8) is 0 Å². The van der Waals surface area contributed by atoms with Crippen molar-refractivity contribution < 1.29 is 38.1 Å². The van der Waals surface area contributed by atoms with Crippen molar-refractivity contribution in [3.05, 3.63) is 35.9 Å². The molecule has 0 saturated carbocycles. The Hall–Kier alpha value is -2.45. The summed E-state index contributed by atoms with van der Waals surface area (Å²) in [6, 6.07) is 9.48. The van der Waals surface area contributed by atoms with Crippen LogP contribution in [0.3, 0.4) is 0 Å². The van der Waals surface area contributed by atoms with E-state index in [-0.39, 0.29) is 6.61 Å². The first kappa shape index (κ1) is 19.9. The van der Waals surface area contributed by atoms with Gasteiger partial charge in [-0.3, -0.25) is 14.4 Å². The second-order valence-corrected chi connectivity index (χ2v) is 5.80. The van der Waals surface area contributed by atoms with Gasteiger partial charge in [0.25, 0.3) is 0 Å². The number of ether oxygens (including phenoxy) is 5. The Morgan fingerprint density at radius 3 is 2.04 bits per heavy atom. The van der Waals surface area contributed by atoms with E-state index in [1.54, 1.807) is 0 Å². The van der Waals surface area contributed by atoms with E-state index in [9.17, 15) is 14.4 Å². The molecule has 1 aliphatic rings. The normalized spacial score (nSPS) is 24.7. The molecule has 1 aromatic rings. The molecule has 1 unspecified atom stereocenters. The van der Waals surface area contributed by atoms with Crippen LogP contribution in [0.5, 0.6) is 0 Å². The van der Waals surface area contributed by atoms with Crippen LogP contribution < -0.4 is 0 Å². The van der Waals surface area contributed by atoms with Gasteiger partial charge in [-0.25, -0.2) is 0 Å². The fraction of sp³-hybridized carbons (Fsp3) is 0.500. The predicted molar refractivity (Wildman–Crippen MR) is 87.6 cm³/mol. The second kappa shape index (κ2) is 9.30. The van der Waals surface area contributed by atoms with Crippen molar-refractivity contribution in [2.45, 2.75) is 52.0 Å². The predicted octanol–water partition coefficient (Wildman–Crippen LogP) is 1.35. The molecule has 0 amide bonds. The molecular formula is C18H22O8. The highest BCUT2D eigenvalue weighted by Crippen LogP contribution is 2.28. The highest BCUT2D eigenvalue weighted by Gasteiger charge is 2.51. The second-order valence-electron chi connectivity index (χ2n) is 5.80. The summed E-state index contributed by atoms with van der Waals surface area (Å²) >= 11 is 0. The van der Waals surface area contributed by atoms with E-state index in [1.807, 2.05) is 30.3 Å². The van der Waals surface area contributed by atoms with E-state index in [1.165, 1.54) is 20.8 Å². The Kier molecular flexibility index (Phi) is 7.11. The molecule has 1 heterocycles. The van der Waals surface area contributed by atoms with Crippen molar-refractivity contribution in [2.75, 3.05) is 6.61 Å². The fourth-order valence-electron chi connectivity index (χ4n) is 2.60. The van der Waals surface area contributed by atoms with Gasteiger partial charge in [0.1, 0.15) is 6.10 Å². The maximum Gasteiger partial charge on any atom is 0.305 e. The van der Waals surface area contributed by atoms with Gasteiger partial charge >= 0.3 is 17.9 Å². The highest BCUT2D eigenvalue weighted by atomic mass is 16.8. The zero-order valence-electron chi connectivity index (χ0n) is 14.9. The van der Waals surface area contributed by atoms with Crippen LogP contribution >= 0.6 is 0 Å². The summed E-state index contributed by atoms with van der Waals surface area (Å²) in [6.07, 6.45) is -3.94. The van der Waals surface area contributed by atoms with Crippen LogP contribution in [0.15, 0.2) is 30.3 Å². The molecule has 26 heavy (non-hydrogen) atoms. The lowest BCUT2D eigenvalue weighted by molar-refractivity contribution is -0.197. The Morgan fingerprint density at radius 2 is 1.46 bits per heavy atom. The molecule has 0 N–H and O–H groups in total. The molecule has 4 atom stereocenters. The lowest BCUT2D eigenvalue weighted by Gasteiger charge is -2.22. The quantitative estimate of drug-likeness (QED) is 0.527. The van der Waals surface area contributed by atoms with Gasteiger partial charge in [0.05, 0.1) is 13.2 Å². The molecule has 1 aromatic carbocycles. The lowest BCUT2D eigenvalue weighted by Crippen LogP contribution is -2.41. The zero-order valence-corrected chi connectivity index (χ0v) is 14.9. The first-order valence-electron chi connectivity index (χ1n) is 8.15. The molecule has 1 saturated heterocycles. The van der Waals surface area contributed by atoms with Gasteiger partial charge in [-0.2, -0.15) is 0 Å². The molecule has 1 fully saturated rings. The van der Waals surface area contributed by atoms with Gasteiger partial charge in [-0.05, 0) is 5.56 Å². The number of hydrogen-bond donors (Lipinski definition) is 0. The molecule has 1 aliphatic heterocycles. The number of carbonyl (C=O) groups excluding carboxylic acids is 3. The highest BCUT2D eigenvalue weighted by molar-refractivity contribution is 5.68. The molecule has 0 radical (unpaired) electrons. The Morgan fingerprint density at radius 1 is 0.885 bits per heavy atom. The van der Waals surface area contributed by atoms with E-state index in [4.69, 9.17) is 23.7 Å². The van der Waals surface area contributed by atoms with Crippen LogP contribution in [0.1, 0.15) is 26.3 Å². The molecule has 0 aromatic heterocycles.